The maximum absolute atomic E-state index is 11.1. The Kier molecular flexibility index (Phi) is 4.19. The molecule has 100 valence electrons. The second-order valence-electron chi connectivity index (χ2n) is 4.06. The van der Waals surface area contributed by atoms with Crippen LogP contribution in [0.2, 0.25) is 5.02 Å². The van der Waals surface area contributed by atoms with Gasteiger partial charge in [-0.15, -0.1) is 0 Å². The van der Waals surface area contributed by atoms with Crippen molar-refractivity contribution in [1.29, 1.82) is 0 Å². The monoisotopic (exact) mass is 278 g/mol. The van der Waals surface area contributed by atoms with Gasteiger partial charge in [0.15, 0.2) is 0 Å². The maximum atomic E-state index is 11.1. The fourth-order valence-corrected chi connectivity index (χ4v) is 2.01. The van der Waals surface area contributed by atoms with Crippen LogP contribution in [0, 0.1) is 0 Å². The number of nitrogens with two attached hydrogens (primary N) is 1. The number of rotatable bonds is 5. The predicted molar refractivity (Wildman–Crippen MR) is 74.5 cm³/mol. The van der Waals surface area contributed by atoms with E-state index in [0.29, 0.717) is 17.1 Å². The Morgan fingerprint density at radius 3 is 2.95 bits per heavy atom. The topological polar surface area (TPSA) is 72.9 Å². The molecule has 1 amide bonds. The number of carbonyl (C=O) groups excluding carboxylic acids is 1. The lowest BCUT2D eigenvalue weighted by molar-refractivity contribution is 0.100. The van der Waals surface area contributed by atoms with E-state index in [4.69, 9.17) is 17.3 Å². The number of carbonyl (C=O) groups is 1. The van der Waals surface area contributed by atoms with Gasteiger partial charge in [-0.05, 0) is 18.7 Å². The Morgan fingerprint density at radius 1 is 1.53 bits per heavy atom. The lowest BCUT2D eigenvalue weighted by Crippen LogP contribution is -2.14. The first-order chi connectivity index (χ1) is 9.13. The summed E-state index contributed by atoms with van der Waals surface area (Å²) in [5, 5.41) is 8.04. The smallest absolute Gasteiger partial charge is 0.251 e. The number of halogens is 1. The van der Waals surface area contributed by atoms with E-state index in [1.54, 1.807) is 10.9 Å². The summed E-state index contributed by atoms with van der Waals surface area (Å²) >= 11 is 6.21. The predicted octanol–water partition coefficient (Wildman–Crippen LogP) is 1.73. The maximum Gasteiger partial charge on any atom is 0.251 e. The van der Waals surface area contributed by atoms with Crippen LogP contribution in [-0.2, 0) is 6.54 Å². The van der Waals surface area contributed by atoms with Gasteiger partial charge in [0.05, 0.1) is 17.4 Å². The van der Waals surface area contributed by atoms with Crippen molar-refractivity contribution >= 4 is 17.5 Å². The fraction of sp³-hybridized carbons (Fsp3) is 0.231. The van der Waals surface area contributed by atoms with E-state index < -0.39 is 5.91 Å². The number of primary amides is 1. The third-order valence-corrected chi connectivity index (χ3v) is 3.11. The third kappa shape index (κ3) is 2.94. The van der Waals surface area contributed by atoms with Crippen LogP contribution < -0.4 is 11.1 Å². The fourth-order valence-electron chi connectivity index (χ4n) is 1.77. The van der Waals surface area contributed by atoms with E-state index >= 15 is 0 Å². The summed E-state index contributed by atoms with van der Waals surface area (Å²) in [6, 6.07) is 5.57. The third-order valence-electron chi connectivity index (χ3n) is 2.76. The number of benzene rings is 1. The lowest BCUT2D eigenvalue weighted by Gasteiger charge is -2.11. The summed E-state index contributed by atoms with van der Waals surface area (Å²) in [6.07, 6.45) is 3.05. The van der Waals surface area contributed by atoms with Crippen LogP contribution in [0.1, 0.15) is 22.8 Å². The SMILES string of the molecule is CCNCc1c(Cl)cccc1-n1cc(C(N)=O)cn1. The zero-order valence-corrected chi connectivity index (χ0v) is 11.3. The van der Waals surface area contributed by atoms with Gasteiger partial charge in [0, 0.05) is 23.3 Å². The second-order valence-corrected chi connectivity index (χ2v) is 4.46. The van der Waals surface area contributed by atoms with Crippen LogP contribution in [-0.4, -0.2) is 22.2 Å². The van der Waals surface area contributed by atoms with Gasteiger partial charge in [-0.2, -0.15) is 5.10 Å². The highest BCUT2D eigenvalue weighted by Gasteiger charge is 2.11. The van der Waals surface area contributed by atoms with Crippen molar-refractivity contribution in [3.8, 4) is 5.69 Å². The van der Waals surface area contributed by atoms with Crippen LogP contribution in [0.25, 0.3) is 5.69 Å². The first-order valence-corrected chi connectivity index (χ1v) is 6.34. The number of hydrogen-bond acceptors (Lipinski definition) is 3. The molecule has 0 aliphatic heterocycles. The molecule has 19 heavy (non-hydrogen) atoms. The van der Waals surface area contributed by atoms with Crippen LogP contribution in [0.3, 0.4) is 0 Å². The van der Waals surface area contributed by atoms with Crippen molar-refractivity contribution in [2.45, 2.75) is 13.5 Å². The molecule has 2 rings (SSSR count). The number of nitrogens with zero attached hydrogens (tertiary/aromatic N) is 2. The van der Waals surface area contributed by atoms with E-state index in [9.17, 15) is 4.79 Å². The molecule has 2 aromatic rings. The molecule has 0 saturated carbocycles. The standard InChI is InChI=1S/C13H15ClN4O/c1-2-16-7-10-11(14)4-3-5-12(10)18-8-9(6-17-18)13(15)19/h3-6,8,16H,2,7H2,1H3,(H2,15,19). The van der Waals surface area contributed by atoms with Crippen molar-refractivity contribution in [1.82, 2.24) is 15.1 Å². The first kappa shape index (κ1) is 13.6. The average Bonchev–Trinajstić information content (AvgIpc) is 2.86. The molecule has 0 bridgehead atoms. The largest absolute Gasteiger partial charge is 0.366 e. The minimum Gasteiger partial charge on any atom is -0.366 e. The van der Waals surface area contributed by atoms with Crippen molar-refractivity contribution in [3.05, 3.63) is 46.7 Å². The molecule has 1 aromatic carbocycles. The van der Waals surface area contributed by atoms with Gasteiger partial charge in [-0.1, -0.05) is 24.6 Å². The Balaban J connectivity index is 2.42. The number of aromatic nitrogens is 2. The van der Waals surface area contributed by atoms with E-state index in [1.807, 2.05) is 25.1 Å². The summed E-state index contributed by atoms with van der Waals surface area (Å²) in [4.78, 5) is 11.1. The summed E-state index contributed by atoms with van der Waals surface area (Å²) in [5.74, 6) is -0.499. The minimum atomic E-state index is -0.499. The summed E-state index contributed by atoms with van der Waals surface area (Å²) < 4.78 is 1.61. The van der Waals surface area contributed by atoms with Gasteiger partial charge < -0.3 is 11.1 Å². The molecule has 0 radical (unpaired) electrons. The van der Waals surface area contributed by atoms with Gasteiger partial charge >= 0.3 is 0 Å². The molecule has 3 N–H and O–H groups in total. The lowest BCUT2D eigenvalue weighted by atomic mass is 10.1. The molecule has 5 nitrogen and oxygen atoms in total. The van der Waals surface area contributed by atoms with Gasteiger partial charge in [-0.3, -0.25) is 4.79 Å². The zero-order chi connectivity index (χ0) is 13.8. The molecule has 1 aromatic heterocycles. The number of nitrogens with one attached hydrogen (secondary N) is 1. The summed E-state index contributed by atoms with van der Waals surface area (Å²) in [6.45, 7) is 3.50. The molecule has 0 aliphatic rings. The Bertz CT molecular complexity index is 594. The summed E-state index contributed by atoms with van der Waals surface area (Å²) in [7, 11) is 0. The Hall–Kier alpha value is -1.85. The second kappa shape index (κ2) is 5.86. The van der Waals surface area contributed by atoms with Crippen molar-refractivity contribution in [3.63, 3.8) is 0 Å². The van der Waals surface area contributed by atoms with E-state index in [2.05, 4.69) is 10.4 Å². The quantitative estimate of drug-likeness (QED) is 0.875. The van der Waals surface area contributed by atoms with Crippen molar-refractivity contribution in [2.24, 2.45) is 5.73 Å². The van der Waals surface area contributed by atoms with Crippen molar-refractivity contribution in [2.75, 3.05) is 6.54 Å². The Labute approximate surface area is 116 Å². The van der Waals surface area contributed by atoms with E-state index in [0.717, 1.165) is 17.8 Å². The molecule has 0 aliphatic carbocycles. The molecular weight excluding hydrogens is 264 g/mol. The zero-order valence-electron chi connectivity index (χ0n) is 10.6. The first-order valence-electron chi connectivity index (χ1n) is 5.96. The van der Waals surface area contributed by atoms with Gasteiger partial charge in [0.25, 0.3) is 5.91 Å². The molecule has 0 spiro atoms. The van der Waals surface area contributed by atoms with Crippen molar-refractivity contribution < 1.29 is 4.79 Å². The number of hydrogen-bond donors (Lipinski definition) is 2. The van der Waals surface area contributed by atoms with Crippen LogP contribution in [0.15, 0.2) is 30.6 Å². The minimum absolute atomic E-state index is 0.370. The average molecular weight is 279 g/mol. The van der Waals surface area contributed by atoms with Crippen LogP contribution in [0.5, 0.6) is 0 Å². The molecular formula is C13H15ClN4O. The van der Waals surface area contributed by atoms with Gasteiger partial charge in [0.2, 0.25) is 0 Å². The van der Waals surface area contributed by atoms with E-state index in [1.165, 1.54) is 6.20 Å². The molecule has 0 atom stereocenters. The van der Waals surface area contributed by atoms with Crippen LogP contribution in [0.4, 0.5) is 0 Å². The highest BCUT2D eigenvalue weighted by Crippen LogP contribution is 2.23. The number of amides is 1. The molecule has 6 heteroatoms. The summed E-state index contributed by atoms with van der Waals surface area (Å²) in [5.41, 5.74) is 7.36. The van der Waals surface area contributed by atoms with Crippen LogP contribution >= 0.6 is 11.6 Å². The normalized spacial score (nSPS) is 10.6. The Morgan fingerprint density at radius 2 is 2.32 bits per heavy atom. The van der Waals surface area contributed by atoms with E-state index in [-0.39, 0.29) is 0 Å². The molecule has 0 saturated heterocycles. The molecule has 0 fully saturated rings. The van der Waals surface area contributed by atoms with Gasteiger partial charge in [0.1, 0.15) is 0 Å². The highest BCUT2D eigenvalue weighted by molar-refractivity contribution is 6.31. The highest BCUT2D eigenvalue weighted by atomic mass is 35.5. The molecule has 0 unspecified atom stereocenters. The molecule has 1 heterocycles. The van der Waals surface area contributed by atoms with Gasteiger partial charge in [-0.25, -0.2) is 4.68 Å².